The van der Waals surface area contributed by atoms with E-state index in [1.807, 2.05) is 0 Å². The molecule has 28 heavy (non-hydrogen) atoms. The van der Waals surface area contributed by atoms with E-state index in [2.05, 4.69) is 15.5 Å². The summed E-state index contributed by atoms with van der Waals surface area (Å²) in [4.78, 5) is 28.4. The molecule has 3 rings (SSSR count). The highest BCUT2D eigenvalue weighted by molar-refractivity contribution is 5.82. The summed E-state index contributed by atoms with van der Waals surface area (Å²) in [6, 6.07) is 6.50. The van der Waals surface area contributed by atoms with Crippen molar-refractivity contribution in [2.24, 2.45) is 5.92 Å². The van der Waals surface area contributed by atoms with E-state index in [1.54, 1.807) is 30.1 Å². The van der Waals surface area contributed by atoms with Crippen molar-refractivity contribution in [2.75, 3.05) is 39.8 Å². The Bertz CT molecular complexity index is 678. The highest BCUT2D eigenvalue weighted by atomic mass is 19.1. The van der Waals surface area contributed by atoms with Crippen molar-refractivity contribution in [3.63, 3.8) is 0 Å². The minimum absolute atomic E-state index is 0.0110. The Hall–Kier alpha value is -1.99. The van der Waals surface area contributed by atoms with Gasteiger partial charge in [0.2, 0.25) is 11.8 Å². The summed E-state index contributed by atoms with van der Waals surface area (Å²) in [5.74, 6) is 0.162. The predicted octanol–water partition coefficient (Wildman–Crippen LogP) is 1.36. The zero-order valence-corrected chi connectivity index (χ0v) is 16.6. The standard InChI is InChI=1S/C21H31FN4O2/c1-25(14-17-7-2-3-8-18(17)22)20(27)15-26-11-5-6-16(13-26)12-24-21(28)19-9-4-10-23-19/h2-3,7-8,16,19,23H,4-6,9-15H2,1H3,(H,24,28). The topological polar surface area (TPSA) is 64.7 Å². The Morgan fingerprint density at radius 1 is 1.29 bits per heavy atom. The van der Waals surface area contributed by atoms with E-state index in [1.165, 1.54) is 6.07 Å². The molecule has 154 valence electrons. The van der Waals surface area contributed by atoms with Crippen LogP contribution < -0.4 is 10.6 Å². The lowest BCUT2D eigenvalue weighted by molar-refractivity contribution is -0.132. The quantitative estimate of drug-likeness (QED) is 0.738. The van der Waals surface area contributed by atoms with Crippen LogP contribution >= 0.6 is 0 Å². The average molecular weight is 391 g/mol. The van der Waals surface area contributed by atoms with Gasteiger partial charge in [-0.3, -0.25) is 14.5 Å². The molecule has 1 aromatic carbocycles. The molecule has 2 amide bonds. The van der Waals surface area contributed by atoms with Gasteiger partial charge in [-0.25, -0.2) is 4.39 Å². The molecule has 0 aromatic heterocycles. The van der Waals surface area contributed by atoms with Crippen LogP contribution in [0.15, 0.2) is 24.3 Å². The van der Waals surface area contributed by atoms with Crippen LogP contribution in [0.2, 0.25) is 0 Å². The summed E-state index contributed by atoms with van der Waals surface area (Å²) in [7, 11) is 1.71. The Balaban J connectivity index is 1.42. The van der Waals surface area contributed by atoms with Crippen molar-refractivity contribution in [1.29, 1.82) is 0 Å². The molecule has 0 spiro atoms. The highest BCUT2D eigenvalue weighted by Crippen LogP contribution is 2.17. The summed E-state index contributed by atoms with van der Waals surface area (Å²) < 4.78 is 13.8. The van der Waals surface area contributed by atoms with Gasteiger partial charge in [0.25, 0.3) is 0 Å². The van der Waals surface area contributed by atoms with Crippen LogP contribution in [-0.2, 0) is 16.1 Å². The summed E-state index contributed by atoms with van der Waals surface area (Å²) >= 11 is 0. The number of hydrogen-bond acceptors (Lipinski definition) is 4. The van der Waals surface area contributed by atoms with Gasteiger partial charge in [-0.15, -0.1) is 0 Å². The minimum atomic E-state index is -0.285. The van der Waals surface area contributed by atoms with Crippen LogP contribution in [0.25, 0.3) is 0 Å². The van der Waals surface area contributed by atoms with E-state index in [0.717, 1.165) is 45.3 Å². The number of rotatable bonds is 7. The molecule has 0 saturated carbocycles. The third-order valence-electron chi connectivity index (χ3n) is 5.69. The van der Waals surface area contributed by atoms with Gasteiger partial charge in [0.1, 0.15) is 5.82 Å². The Morgan fingerprint density at radius 3 is 2.86 bits per heavy atom. The maximum absolute atomic E-state index is 13.8. The SMILES string of the molecule is CN(Cc1ccccc1F)C(=O)CN1CCCC(CNC(=O)C2CCCN2)C1. The van der Waals surface area contributed by atoms with Gasteiger partial charge < -0.3 is 15.5 Å². The number of nitrogens with one attached hydrogen (secondary N) is 2. The number of likely N-dealkylation sites (N-methyl/N-ethyl adjacent to an activating group) is 1. The molecule has 2 unspecified atom stereocenters. The zero-order chi connectivity index (χ0) is 19.9. The Labute approximate surface area is 166 Å². The van der Waals surface area contributed by atoms with Crippen LogP contribution in [0.1, 0.15) is 31.2 Å². The van der Waals surface area contributed by atoms with Gasteiger partial charge in [0, 0.05) is 32.2 Å². The third-order valence-corrected chi connectivity index (χ3v) is 5.69. The van der Waals surface area contributed by atoms with Gasteiger partial charge in [0.05, 0.1) is 12.6 Å². The first-order valence-corrected chi connectivity index (χ1v) is 10.2. The summed E-state index contributed by atoms with van der Waals surface area (Å²) in [5.41, 5.74) is 0.526. The van der Waals surface area contributed by atoms with E-state index in [-0.39, 0.29) is 30.2 Å². The number of halogens is 1. The second kappa shape index (κ2) is 9.98. The number of nitrogens with zero attached hydrogens (tertiary/aromatic N) is 2. The fourth-order valence-electron chi connectivity index (χ4n) is 4.02. The average Bonchev–Trinajstić information content (AvgIpc) is 3.23. The first-order valence-electron chi connectivity index (χ1n) is 10.2. The van der Waals surface area contributed by atoms with Gasteiger partial charge in [-0.2, -0.15) is 0 Å². The summed E-state index contributed by atoms with van der Waals surface area (Å²) in [6.45, 7) is 3.86. The van der Waals surface area contributed by atoms with Crippen molar-refractivity contribution >= 4 is 11.8 Å². The number of piperidine rings is 1. The van der Waals surface area contributed by atoms with Crippen molar-refractivity contribution in [3.05, 3.63) is 35.6 Å². The molecule has 6 nitrogen and oxygen atoms in total. The predicted molar refractivity (Wildman–Crippen MR) is 106 cm³/mol. The number of hydrogen-bond donors (Lipinski definition) is 2. The van der Waals surface area contributed by atoms with Crippen molar-refractivity contribution in [1.82, 2.24) is 20.4 Å². The maximum atomic E-state index is 13.8. The molecule has 0 bridgehead atoms. The van der Waals surface area contributed by atoms with E-state index in [4.69, 9.17) is 0 Å². The Kier molecular flexibility index (Phi) is 7.39. The minimum Gasteiger partial charge on any atom is -0.354 e. The molecule has 2 N–H and O–H groups in total. The van der Waals surface area contributed by atoms with E-state index >= 15 is 0 Å². The third kappa shape index (κ3) is 5.75. The molecule has 2 saturated heterocycles. The maximum Gasteiger partial charge on any atom is 0.237 e. The van der Waals surface area contributed by atoms with E-state index in [9.17, 15) is 14.0 Å². The number of carbonyl (C=O) groups is 2. The van der Waals surface area contributed by atoms with Crippen LogP contribution in [0.4, 0.5) is 4.39 Å². The van der Waals surface area contributed by atoms with Crippen LogP contribution in [0.5, 0.6) is 0 Å². The van der Waals surface area contributed by atoms with Gasteiger partial charge in [0.15, 0.2) is 0 Å². The van der Waals surface area contributed by atoms with E-state index in [0.29, 0.717) is 24.6 Å². The molecule has 2 fully saturated rings. The number of carbonyl (C=O) groups excluding carboxylic acids is 2. The van der Waals surface area contributed by atoms with Crippen molar-refractivity contribution < 1.29 is 14.0 Å². The lowest BCUT2D eigenvalue weighted by Crippen LogP contribution is -2.47. The molecule has 1 aromatic rings. The van der Waals surface area contributed by atoms with Gasteiger partial charge in [-0.05, 0) is 50.8 Å². The highest BCUT2D eigenvalue weighted by Gasteiger charge is 2.26. The molecule has 2 atom stereocenters. The normalized spacial score (nSPS) is 22.8. The first kappa shape index (κ1) is 20.7. The summed E-state index contributed by atoms with van der Waals surface area (Å²) in [5, 5.41) is 6.28. The molecule has 2 aliphatic rings. The molecule has 0 aliphatic carbocycles. The van der Waals surface area contributed by atoms with Crippen molar-refractivity contribution in [2.45, 2.75) is 38.3 Å². The monoisotopic (exact) mass is 390 g/mol. The fraction of sp³-hybridized carbons (Fsp3) is 0.619. The van der Waals surface area contributed by atoms with Crippen LogP contribution in [-0.4, -0.2) is 67.4 Å². The number of benzene rings is 1. The zero-order valence-electron chi connectivity index (χ0n) is 16.6. The second-order valence-electron chi connectivity index (χ2n) is 7.98. The van der Waals surface area contributed by atoms with Crippen LogP contribution in [0, 0.1) is 11.7 Å². The first-order chi connectivity index (χ1) is 13.5. The van der Waals surface area contributed by atoms with Gasteiger partial charge in [-0.1, -0.05) is 18.2 Å². The summed E-state index contributed by atoms with van der Waals surface area (Å²) in [6.07, 6.45) is 4.05. The molecular weight excluding hydrogens is 359 g/mol. The molecular formula is C21H31FN4O2. The molecule has 2 heterocycles. The molecule has 7 heteroatoms. The smallest absolute Gasteiger partial charge is 0.237 e. The van der Waals surface area contributed by atoms with Crippen LogP contribution in [0.3, 0.4) is 0 Å². The van der Waals surface area contributed by atoms with Gasteiger partial charge >= 0.3 is 0 Å². The molecule has 0 radical (unpaired) electrons. The Morgan fingerprint density at radius 2 is 2.11 bits per heavy atom. The number of likely N-dealkylation sites (tertiary alicyclic amines) is 1. The largest absolute Gasteiger partial charge is 0.354 e. The van der Waals surface area contributed by atoms with E-state index < -0.39 is 0 Å². The lowest BCUT2D eigenvalue weighted by atomic mass is 9.97. The number of amides is 2. The molecule has 2 aliphatic heterocycles. The van der Waals surface area contributed by atoms with Crippen molar-refractivity contribution in [3.8, 4) is 0 Å². The lowest BCUT2D eigenvalue weighted by Gasteiger charge is -2.33. The fourth-order valence-corrected chi connectivity index (χ4v) is 4.02. The second-order valence-corrected chi connectivity index (χ2v) is 7.98.